The second-order valence-corrected chi connectivity index (χ2v) is 5.89. The van der Waals surface area contributed by atoms with Crippen molar-refractivity contribution in [2.24, 2.45) is 17.1 Å². The van der Waals surface area contributed by atoms with Gasteiger partial charge in [0.15, 0.2) is 0 Å². The molecule has 1 saturated heterocycles. The molecule has 2 N–H and O–H groups in total. The highest BCUT2D eigenvalue weighted by Crippen LogP contribution is 2.39. The molecule has 1 aliphatic heterocycles. The molecule has 16 heavy (non-hydrogen) atoms. The molecule has 2 rings (SSSR count). The molecule has 0 bridgehead atoms. The summed E-state index contributed by atoms with van der Waals surface area (Å²) in [4.78, 5) is 14.5. The van der Waals surface area contributed by atoms with Crippen molar-refractivity contribution in [2.75, 3.05) is 13.1 Å². The lowest BCUT2D eigenvalue weighted by Crippen LogP contribution is -2.51. The fraction of sp³-hybridized carbons (Fsp3) is 0.923. The van der Waals surface area contributed by atoms with Gasteiger partial charge in [-0.3, -0.25) is 4.79 Å². The molecule has 1 aliphatic carbocycles. The average molecular weight is 224 g/mol. The van der Waals surface area contributed by atoms with Gasteiger partial charge in [0.25, 0.3) is 0 Å². The van der Waals surface area contributed by atoms with Crippen LogP contribution in [0, 0.1) is 11.3 Å². The maximum absolute atomic E-state index is 12.5. The van der Waals surface area contributed by atoms with Crippen LogP contribution in [0.1, 0.15) is 46.0 Å². The third kappa shape index (κ3) is 1.97. The fourth-order valence-electron chi connectivity index (χ4n) is 3.03. The molecule has 0 spiro atoms. The Hall–Kier alpha value is -0.570. The van der Waals surface area contributed by atoms with E-state index in [1.807, 2.05) is 4.90 Å². The maximum Gasteiger partial charge on any atom is 0.230 e. The highest BCUT2D eigenvalue weighted by molar-refractivity contribution is 5.83. The minimum absolute atomic E-state index is 0.0688. The van der Waals surface area contributed by atoms with E-state index in [1.165, 1.54) is 0 Å². The van der Waals surface area contributed by atoms with Crippen LogP contribution in [0.15, 0.2) is 0 Å². The number of hydrogen-bond acceptors (Lipinski definition) is 2. The number of rotatable bonds is 1. The Bertz CT molecular complexity index is 271. The molecule has 0 aromatic rings. The summed E-state index contributed by atoms with van der Waals surface area (Å²) in [7, 11) is 0. The van der Waals surface area contributed by atoms with Crippen LogP contribution in [0.5, 0.6) is 0 Å². The number of amides is 1. The number of likely N-dealkylation sites (tertiary alicyclic amines) is 1. The Kier molecular flexibility index (Phi) is 3.24. The summed E-state index contributed by atoms with van der Waals surface area (Å²) in [5, 5.41) is 0. The van der Waals surface area contributed by atoms with E-state index in [4.69, 9.17) is 5.73 Å². The number of carbonyl (C=O) groups is 1. The Morgan fingerprint density at radius 2 is 1.94 bits per heavy atom. The molecule has 1 amide bonds. The molecule has 2 unspecified atom stereocenters. The normalized spacial score (nSPS) is 36.7. The van der Waals surface area contributed by atoms with Crippen molar-refractivity contribution < 1.29 is 4.79 Å². The summed E-state index contributed by atoms with van der Waals surface area (Å²) in [6, 6.07) is 0.0688. The molecule has 3 nitrogen and oxygen atoms in total. The fourth-order valence-corrected chi connectivity index (χ4v) is 3.03. The first-order chi connectivity index (χ1) is 7.54. The van der Waals surface area contributed by atoms with Crippen molar-refractivity contribution in [2.45, 2.75) is 52.0 Å². The highest BCUT2D eigenvalue weighted by Gasteiger charge is 2.45. The first kappa shape index (κ1) is 11.9. The van der Waals surface area contributed by atoms with Crippen LogP contribution in [0.25, 0.3) is 0 Å². The molecule has 0 aromatic heterocycles. The van der Waals surface area contributed by atoms with Gasteiger partial charge in [-0.05, 0) is 38.5 Å². The van der Waals surface area contributed by atoms with Gasteiger partial charge < -0.3 is 10.6 Å². The van der Waals surface area contributed by atoms with Gasteiger partial charge in [-0.25, -0.2) is 0 Å². The standard InChI is InChI=1S/C13H24N2O/c1-10-5-8-15(9-6-10)12(16)13(2)7-3-4-11(13)14/h10-11H,3-9,14H2,1-2H3. The minimum atomic E-state index is -0.277. The zero-order chi connectivity index (χ0) is 11.8. The van der Waals surface area contributed by atoms with E-state index in [9.17, 15) is 4.79 Å². The van der Waals surface area contributed by atoms with Crippen LogP contribution in [-0.2, 0) is 4.79 Å². The van der Waals surface area contributed by atoms with Crippen molar-refractivity contribution in [3.63, 3.8) is 0 Å². The topological polar surface area (TPSA) is 46.3 Å². The average Bonchev–Trinajstić information content (AvgIpc) is 2.61. The van der Waals surface area contributed by atoms with Gasteiger partial charge >= 0.3 is 0 Å². The Balaban J connectivity index is 2.01. The van der Waals surface area contributed by atoms with Crippen LogP contribution in [0.3, 0.4) is 0 Å². The molecule has 2 fully saturated rings. The van der Waals surface area contributed by atoms with E-state index in [0.717, 1.165) is 51.1 Å². The zero-order valence-electron chi connectivity index (χ0n) is 10.5. The van der Waals surface area contributed by atoms with E-state index >= 15 is 0 Å². The molecule has 3 heteroatoms. The van der Waals surface area contributed by atoms with Crippen molar-refractivity contribution in [1.29, 1.82) is 0 Å². The highest BCUT2D eigenvalue weighted by atomic mass is 16.2. The Morgan fingerprint density at radius 3 is 2.44 bits per heavy atom. The summed E-state index contributed by atoms with van der Waals surface area (Å²) in [6.45, 7) is 6.19. The van der Waals surface area contributed by atoms with Gasteiger partial charge in [0.05, 0.1) is 5.41 Å². The monoisotopic (exact) mass is 224 g/mol. The largest absolute Gasteiger partial charge is 0.342 e. The number of piperidine rings is 1. The van der Waals surface area contributed by atoms with Crippen molar-refractivity contribution in [3.8, 4) is 0 Å². The second kappa shape index (κ2) is 4.36. The zero-order valence-corrected chi connectivity index (χ0v) is 10.5. The van der Waals surface area contributed by atoms with E-state index in [0.29, 0.717) is 5.91 Å². The smallest absolute Gasteiger partial charge is 0.230 e. The van der Waals surface area contributed by atoms with Gasteiger partial charge in [-0.2, -0.15) is 0 Å². The van der Waals surface area contributed by atoms with Gasteiger partial charge in [-0.15, -0.1) is 0 Å². The molecule has 1 heterocycles. The maximum atomic E-state index is 12.5. The van der Waals surface area contributed by atoms with Crippen LogP contribution >= 0.6 is 0 Å². The predicted molar refractivity (Wildman–Crippen MR) is 64.9 cm³/mol. The van der Waals surface area contributed by atoms with Gasteiger partial charge in [-0.1, -0.05) is 13.3 Å². The molecule has 2 atom stereocenters. The van der Waals surface area contributed by atoms with E-state index in [1.54, 1.807) is 0 Å². The minimum Gasteiger partial charge on any atom is -0.342 e. The third-order valence-electron chi connectivity index (χ3n) is 4.59. The summed E-state index contributed by atoms with van der Waals surface area (Å²) in [6.07, 6.45) is 5.38. The molecule has 2 aliphatic rings. The van der Waals surface area contributed by atoms with Crippen LogP contribution < -0.4 is 5.73 Å². The van der Waals surface area contributed by atoms with E-state index in [-0.39, 0.29) is 11.5 Å². The summed E-state index contributed by atoms with van der Waals surface area (Å²) in [5.41, 5.74) is 5.82. The lowest BCUT2D eigenvalue weighted by Gasteiger charge is -2.38. The quantitative estimate of drug-likeness (QED) is 0.737. The summed E-state index contributed by atoms with van der Waals surface area (Å²) in [5.74, 6) is 1.08. The molecule has 1 saturated carbocycles. The molecular formula is C13H24N2O. The second-order valence-electron chi connectivity index (χ2n) is 5.89. The number of hydrogen-bond donors (Lipinski definition) is 1. The molecular weight excluding hydrogens is 200 g/mol. The third-order valence-corrected chi connectivity index (χ3v) is 4.59. The molecule has 92 valence electrons. The predicted octanol–water partition coefficient (Wildman–Crippen LogP) is 1.76. The number of nitrogens with zero attached hydrogens (tertiary/aromatic N) is 1. The van der Waals surface area contributed by atoms with Gasteiger partial charge in [0, 0.05) is 19.1 Å². The number of carbonyl (C=O) groups excluding carboxylic acids is 1. The summed E-state index contributed by atoms with van der Waals surface area (Å²) >= 11 is 0. The SMILES string of the molecule is CC1CCN(C(=O)C2(C)CCCC2N)CC1. The van der Waals surface area contributed by atoms with E-state index < -0.39 is 0 Å². The van der Waals surface area contributed by atoms with Crippen molar-refractivity contribution in [1.82, 2.24) is 4.90 Å². The van der Waals surface area contributed by atoms with Crippen LogP contribution in [-0.4, -0.2) is 29.9 Å². The van der Waals surface area contributed by atoms with E-state index in [2.05, 4.69) is 13.8 Å². The van der Waals surface area contributed by atoms with Crippen LogP contribution in [0.2, 0.25) is 0 Å². The number of nitrogens with two attached hydrogens (primary N) is 1. The van der Waals surface area contributed by atoms with Gasteiger partial charge in [0.2, 0.25) is 5.91 Å². The molecule has 0 radical (unpaired) electrons. The first-order valence-electron chi connectivity index (χ1n) is 6.59. The molecule has 0 aromatic carbocycles. The lowest BCUT2D eigenvalue weighted by atomic mass is 9.82. The summed E-state index contributed by atoms with van der Waals surface area (Å²) < 4.78 is 0. The van der Waals surface area contributed by atoms with Crippen LogP contribution in [0.4, 0.5) is 0 Å². The van der Waals surface area contributed by atoms with Crippen molar-refractivity contribution >= 4 is 5.91 Å². The Labute approximate surface area is 98.4 Å². The first-order valence-corrected chi connectivity index (χ1v) is 6.59. The van der Waals surface area contributed by atoms with Gasteiger partial charge in [0.1, 0.15) is 0 Å². The lowest BCUT2D eigenvalue weighted by molar-refractivity contribution is -0.143. The Morgan fingerprint density at radius 1 is 1.31 bits per heavy atom. The van der Waals surface area contributed by atoms with Crippen molar-refractivity contribution in [3.05, 3.63) is 0 Å².